The molecule has 1 aromatic heterocycles. The molecule has 24 heavy (non-hydrogen) atoms. The van der Waals surface area contributed by atoms with Crippen molar-refractivity contribution in [2.24, 2.45) is 0 Å². The van der Waals surface area contributed by atoms with Crippen molar-refractivity contribution < 1.29 is 13.7 Å². The number of likely N-dealkylation sites (tertiary alicyclic amines) is 1. The van der Waals surface area contributed by atoms with Crippen LogP contribution in [0.4, 0.5) is 25.8 Å². The predicted molar refractivity (Wildman–Crippen MR) is 84.5 cm³/mol. The van der Waals surface area contributed by atoms with Crippen LogP contribution in [-0.2, 0) is 0 Å². The van der Waals surface area contributed by atoms with E-state index in [9.17, 15) is 18.9 Å². The number of pyridine rings is 1. The first-order valence-corrected chi connectivity index (χ1v) is 7.09. The maximum absolute atomic E-state index is 14.1. The molecular weight excluding hydrogens is 320 g/mol. The van der Waals surface area contributed by atoms with Crippen molar-refractivity contribution in [2.75, 3.05) is 25.5 Å². The van der Waals surface area contributed by atoms with Gasteiger partial charge in [0, 0.05) is 11.9 Å². The SMILES string of the molecule is [C-]#[N+]c1ccc2ncc([N+](=O)[O-])c(NC3CN(C)CC3(F)F)c2c1. The summed E-state index contributed by atoms with van der Waals surface area (Å²) >= 11 is 0. The van der Waals surface area contributed by atoms with Crippen molar-refractivity contribution in [1.29, 1.82) is 0 Å². The fraction of sp³-hybridized carbons (Fsp3) is 0.333. The molecule has 0 radical (unpaired) electrons. The van der Waals surface area contributed by atoms with E-state index in [0.29, 0.717) is 5.52 Å². The molecule has 3 rings (SSSR count). The second-order valence-corrected chi connectivity index (χ2v) is 5.74. The summed E-state index contributed by atoms with van der Waals surface area (Å²) in [6.07, 6.45) is 1.04. The van der Waals surface area contributed by atoms with Crippen LogP contribution in [0.1, 0.15) is 0 Å². The number of alkyl halides is 2. The largest absolute Gasteiger partial charge is 0.369 e. The highest BCUT2D eigenvalue weighted by molar-refractivity contribution is 5.97. The van der Waals surface area contributed by atoms with Crippen molar-refractivity contribution in [3.8, 4) is 0 Å². The van der Waals surface area contributed by atoms with Crippen LogP contribution in [0.5, 0.6) is 0 Å². The van der Waals surface area contributed by atoms with Crippen LogP contribution >= 0.6 is 0 Å². The van der Waals surface area contributed by atoms with Gasteiger partial charge in [0.2, 0.25) is 0 Å². The average molecular weight is 333 g/mol. The molecule has 1 atom stereocenters. The zero-order valence-electron chi connectivity index (χ0n) is 12.7. The molecule has 2 heterocycles. The summed E-state index contributed by atoms with van der Waals surface area (Å²) < 4.78 is 28.2. The summed E-state index contributed by atoms with van der Waals surface area (Å²) in [5.41, 5.74) is 0.221. The van der Waals surface area contributed by atoms with Crippen LogP contribution in [0.15, 0.2) is 24.4 Å². The molecule has 1 aromatic carbocycles. The van der Waals surface area contributed by atoms with Crippen molar-refractivity contribution in [3.63, 3.8) is 0 Å². The number of nitrogens with zero attached hydrogens (tertiary/aromatic N) is 4. The number of aromatic nitrogens is 1. The highest BCUT2D eigenvalue weighted by Gasteiger charge is 2.47. The summed E-state index contributed by atoms with van der Waals surface area (Å²) in [6, 6.07) is 3.22. The summed E-state index contributed by atoms with van der Waals surface area (Å²) in [5.74, 6) is -3.02. The molecule has 7 nitrogen and oxygen atoms in total. The maximum atomic E-state index is 14.1. The zero-order chi connectivity index (χ0) is 17.5. The number of anilines is 1. The van der Waals surface area contributed by atoms with Crippen LogP contribution in [-0.4, -0.2) is 46.9 Å². The Morgan fingerprint density at radius 1 is 1.54 bits per heavy atom. The van der Waals surface area contributed by atoms with E-state index in [4.69, 9.17) is 6.57 Å². The summed E-state index contributed by atoms with van der Waals surface area (Å²) in [6.45, 7) is 6.69. The van der Waals surface area contributed by atoms with E-state index in [-0.39, 0.29) is 23.3 Å². The van der Waals surface area contributed by atoms with Crippen LogP contribution < -0.4 is 5.32 Å². The number of nitrogens with one attached hydrogen (secondary N) is 1. The molecule has 0 saturated carbocycles. The molecule has 0 bridgehead atoms. The quantitative estimate of drug-likeness (QED) is 0.531. The van der Waals surface area contributed by atoms with Gasteiger partial charge in [-0.2, -0.15) is 0 Å². The van der Waals surface area contributed by atoms with Gasteiger partial charge in [-0.1, -0.05) is 6.07 Å². The van der Waals surface area contributed by atoms with Gasteiger partial charge >= 0.3 is 5.69 Å². The van der Waals surface area contributed by atoms with Gasteiger partial charge in [-0.15, -0.1) is 0 Å². The van der Waals surface area contributed by atoms with E-state index >= 15 is 0 Å². The minimum absolute atomic E-state index is 0.0320. The summed E-state index contributed by atoms with van der Waals surface area (Å²) in [4.78, 5) is 19.3. The molecule has 1 unspecified atom stereocenters. The van der Waals surface area contributed by atoms with E-state index in [1.54, 1.807) is 7.05 Å². The molecular formula is C15H13F2N5O2. The fourth-order valence-electron chi connectivity index (χ4n) is 2.84. The van der Waals surface area contributed by atoms with Gasteiger partial charge < -0.3 is 5.32 Å². The van der Waals surface area contributed by atoms with Crippen LogP contribution in [0.3, 0.4) is 0 Å². The van der Waals surface area contributed by atoms with Gasteiger partial charge in [-0.3, -0.25) is 15.0 Å². The van der Waals surface area contributed by atoms with E-state index in [1.807, 2.05) is 0 Å². The van der Waals surface area contributed by atoms with Crippen molar-refractivity contribution in [1.82, 2.24) is 9.88 Å². The number of halogens is 2. The van der Waals surface area contributed by atoms with Crippen LogP contribution in [0.25, 0.3) is 15.7 Å². The van der Waals surface area contributed by atoms with Crippen molar-refractivity contribution in [2.45, 2.75) is 12.0 Å². The van der Waals surface area contributed by atoms with Crippen molar-refractivity contribution in [3.05, 3.63) is 45.9 Å². The third-order valence-electron chi connectivity index (χ3n) is 3.96. The predicted octanol–water partition coefficient (Wildman–Crippen LogP) is 3.05. The number of fused-ring (bicyclic) bond motifs is 1. The van der Waals surface area contributed by atoms with Crippen LogP contribution in [0, 0.1) is 16.7 Å². The lowest BCUT2D eigenvalue weighted by Crippen LogP contribution is -2.38. The van der Waals surface area contributed by atoms with E-state index in [0.717, 1.165) is 6.20 Å². The molecule has 1 saturated heterocycles. The lowest BCUT2D eigenvalue weighted by atomic mass is 10.1. The summed E-state index contributed by atoms with van der Waals surface area (Å²) in [5, 5.41) is 14.2. The number of likely N-dealkylation sites (N-methyl/N-ethyl adjacent to an activating group) is 1. The Balaban J connectivity index is 2.15. The highest BCUT2D eigenvalue weighted by atomic mass is 19.3. The Bertz CT molecular complexity index is 865. The first-order valence-electron chi connectivity index (χ1n) is 7.09. The number of nitro groups is 1. The van der Waals surface area contributed by atoms with E-state index in [2.05, 4.69) is 15.1 Å². The standard InChI is InChI=1S/C15H13F2N5O2/c1-18-9-3-4-11-10(5-9)14(12(6-19-11)22(23)24)20-13-7-21(2)8-15(13,16)17/h3-6,13H,7-8H2,2H3,(H,19,20). The Hall–Kier alpha value is -2.86. The molecule has 9 heteroatoms. The second kappa shape index (κ2) is 5.65. The topological polar surface area (TPSA) is 75.7 Å². The molecule has 124 valence electrons. The smallest absolute Gasteiger partial charge is 0.311 e. The molecule has 1 aliphatic heterocycles. The third-order valence-corrected chi connectivity index (χ3v) is 3.96. The Morgan fingerprint density at radius 2 is 2.29 bits per heavy atom. The monoisotopic (exact) mass is 333 g/mol. The van der Waals surface area contributed by atoms with Gasteiger partial charge in [0.05, 0.1) is 23.6 Å². The first-order chi connectivity index (χ1) is 11.3. The van der Waals surface area contributed by atoms with E-state index < -0.39 is 29.1 Å². The Morgan fingerprint density at radius 3 is 2.88 bits per heavy atom. The number of hydrogen-bond donors (Lipinski definition) is 1. The maximum Gasteiger partial charge on any atom is 0.311 e. The van der Waals surface area contributed by atoms with E-state index in [1.165, 1.54) is 23.1 Å². The molecule has 0 amide bonds. The van der Waals surface area contributed by atoms with Gasteiger partial charge in [-0.05, 0) is 19.2 Å². The number of rotatable bonds is 3. The Kier molecular flexibility index (Phi) is 3.77. The molecule has 1 aliphatic rings. The fourth-order valence-corrected chi connectivity index (χ4v) is 2.84. The van der Waals surface area contributed by atoms with Gasteiger partial charge in [-0.25, -0.2) is 18.6 Å². The first kappa shape index (κ1) is 16.0. The molecule has 2 aromatic rings. The molecule has 0 aliphatic carbocycles. The number of hydrogen-bond acceptors (Lipinski definition) is 5. The van der Waals surface area contributed by atoms with Crippen LogP contribution in [0.2, 0.25) is 0 Å². The zero-order valence-corrected chi connectivity index (χ0v) is 12.7. The minimum Gasteiger partial charge on any atom is -0.369 e. The third kappa shape index (κ3) is 2.72. The van der Waals surface area contributed by atoms with Gasteiger partial charge in [0.15, 0.2) is 5.69 Å². The lowest BCUT2D eigenvalue weighted by Gasteiger charge is -2.21. The average Bonchev–Trinajstić information content (AvgIpc) is 2.78. The minimum atomic E-state index is -3.02. The molecule has 1 N–H and O–H groups in total. The van der Waals surface area contributed by atoms with Gasteiger partial charge in [0.25, 0.3) is 5.92 Å². The number of benzene rings is 1. The normalized spacial score (nSPS) is 20.0. The van der Waals surface area contributed by atoms with Crippen molar-refractivity contribution >= 4 is 28.0 Å². The second-order valence-electron chi connectivity index (χ2n) is 5.74. The summed E-state index contributed by atoms with van der Waals surface area (Å²) in [7, 11) is 1.56. The molecule has 0 spiro atoms. The Labute approximate surface area is 135 Å². The highest BCUT2D eigenvalue weighted by Crippen LogP contribution is 2.37. The lowest BCUT2D eigenvalue weighted by molar-refractivity contribution is -0.384. The van der Waals surface area contributed by atoms with Gasteiger partial charge in [0.1, 0.15) is 17.9 Å². The molecule has 1 fully saturated rings.